The molecule has 0 N–H and O–H groups in total. The van der Waals surface area contributed by atoms with Crippen molar-refractivity contribution in [2.75, 3.05) is 0 Å². The lowest BCUT2D eigenvalue weighted by Gasteiger charge is -2.34. The van der Waals surface area contributed by atoms with Gasteiger partial charge < -0.3 is 0 Å². The molecule has 1 aromatic rings. The van der Waals surface area contributed by atoms with E-state index in [9.17, 15) is 22.0 Å². The quantitative estimate of drug-likeness (QED) is 0.587. The molecular formula is C17H21F5. The normalized spacial score (nSPS) is 23.5. The van der Waals surface area contributed by atoms with Gasteiger partial charge in [0.1, 0.15) is 0 Å². The first-order valence-corrected chi connectivity index (χ1v) is 7.79. The highest BCUT2D eigenvalue weighted by molar-refractivity contribution is 5.26. The van der Waals surface area contributed by atoms with E-state index >= 15 is 0 Å². The number of halogens is 5. The SMILES string of the molecule is CCCc1ccc([C@H]2CC[C@H](C(F)(F)C(F)(F)F)CC2)cc1. The van der Waals surface area contributed by atoms with Crippen molar-refractivity contribution in [1.82, 2.24) is 0 Å². The number of rotatable bonds is 4. The molecule has 1 aliphatic rings. The van der Waals surface area contributed by atoms with Crippen LogP contribution in [0.4, 0.5) is 22.0 Å². The van der Waals surface area contributed by atoms with Crippen LogP contribution >= 0.6 is 0 Å². The Morgan fingerprint density at radius 1 is 0.909 bits per heavy atom. The molecule has 0 aliphatic heterocycles. The molecule has 0 unspecified atom stereocenters. The summed E-state index contributed by atoms with van der Waals surface area (Å²) in [5, 5.41) is 0. The van der Waals surface area contributed by atoms with Gasteiger partial charge in [0.15, 0.2) is 0 Å². The second-order valence-electron chi connectivity index (χ2n) is 6.16. The third-order valence-corrected chi connectivity index (χ3v) is 4.61. The Bertz CT molecular complexity index is 467. The van der Waals surface area contributed by atoms with Crippen LogP contribution in [-0.2, 0) is 6.42 Å². The molecule has 0 radical (unpaired) electrons. The zero-order chi connectivity index (χ0) is 16.4. The van der Waals surface area contributed by atoms with E-state index in [2.05, 4.69) is 6.92 Å². The Morgan fingerprint density at radius 2 is 1.45 bits per heavy atom. The lowest BCUT2D eigenvalue weighted by atomic mass is 9.76. The summed E-state index contributed by atoms with van der Waals surface area (Å²) in [6.07, 6.45) is -2.76. The minimum atomic E-state index is -5.44. The largest absolute Gasteiger partial charge is 0.453 e. The van der Waals surface area contributed by atoms with Gasteiger partial charge in [-0.25, -0.2) is 0 Å². The monoisotopic (exact) mass is 320 g/mol. The van der Waals surface area contributed by atoms with Gasteiger partial charge in [-0.1, -0.05) is 37.6 Å². The summed E-state index contributed by atoms with van der Waals surface area (Å²) in [4.78, 5) is 0. The van der Waals surface area contributed by atoms with Crippen LogP contribution in [0.3, 0.4) is 0 Å². The van der Waals surface area contributed by atoms with Crippen molar-refractivity contribution in [2.45, 2.75) is 63.5 Å². The molecule has 0 nitrogen and oxygen atoms in total. The van der Waals surface area contributed by atoms with Crippen LogP contribution in [-0.4, -0.2) is 12.1 Å². The van der Waals surface area contributed by atoms with E-state index in [0.717, 1.165) is 18.4 Å². The molecule has 0 aromatic heterocycles. The van der Waals surface area contributed by atoms with Crippen molar-refractivity contribution in [3.63, 3.8) is 0 Å². The highest BCUT2D eigenvalue weighted by Gasteiger charge is 2.62. The molecule has 5 heteroatoms. The highest BCUT2D eigenvalue weighted by atomic mass is 19.4. The Labute approximate surface area is 127 Å². The van der Waals surface area contributed by atoms with Crippen molar-refractivity contribution in [2.24, 2.45) is 5.92 Å². The molecule has 1 fully saturated rings. The van der Waals surface area contributed by atoms with Gasteiger partial charge in [0, 0.05) is 5.92 Å². The van der Waals surface area contributed by atoms with E-state index < -0.39 is 18.0 Å². The third-order valence-electron chi connectivity index (χ3n) is 4.61. The Kier molecular flexibility index (Phi) is 5.13. The first kappa shape index (κ1) is 17.2. The molecule has 0 bridgehead atoms. The van der Waals surface area contributed by atoms with E-state index in [1.165, 1.54) is 5.56 Å². The maximum absolute atomic E-state index is 13.4. The molecule has 0 atom stereocenters. The molecule has 0 amide bonds. The first-order valence-electron chi connectivity index (χ1n) is 7.79. The second kappa shape index (κ2) is 6.55. The van der Waals surface area contributed by atoms with E-state index in [1.54, 1.807) is 0 Å². The van der Waals surface area contributed by atoms with Crippen LogP contribution in [0.15, 0.2) is 24.3 Å². The average molecular weight is 320 g/mol. The van der Waals surface area contributed by atoms with Gasteiger partial charge >= 0.3 is 12.1 Å². The van der Waals surface area contributed by atoms with Gasteiger partial charge in [0.05, 0.1) is 0 Å². The van der Waals surface area contributed by atoms with Gasteiger partial charge in [-0.3, -0.25) is 0 Å². The number of alkyl halides is 5. The minimum absolute atomic E-state index is 0.0755. The molecule has 1 aliphatic carbocycles. The summed E-state index contributed by atoms with van der Waals surface area (Å²) >= 11 is 0. The fourth-order valence-corrected chi connectivity index (χ4v) is 3.27. The fraction of sp³-hybridized carbons (Fsp3) is 0.647. The number of hydrogen-bond donors (Lipinski definition) is 0. The van der Waals surface area contributed by atoms with Crippen LogP contribution in [0.5, 0.6) is 0 Å². The predicted octanol–water partition coefficient (Wildman–Crippen LogP) is 6.11. The summed E-state index contributed by atoms with van der Waals surface area (Å²) in [5.41, 5.74) is 2.28. The zero-order valence-electron chi connectivity index (χ0n) is 12.6. The standard InChI is InChI=1S/C17H21F5/c1-2-3-12-4-6-13(7-5-12)14-8-10-15(11-9-14)16(18,19)17(20,21)22/h4-7,14-15H,2-3,8-11H2,1H3/t14-,15-. The summed E-state index contributed by atoms with van der Waals surface area (Å²) in [5.74, 6) is -6.05. The molecule has 22 heavy (non-hydrogen) atoms. The maximum Gasteiger partial charge on any atom is 0.453 e. The van der Waals surface area contributed by atoms with Gasteiger partial charge in [0.25, 0.3) is 0 Å². The van der Waals surface area contributed by atoms with E-state index in [1.807, 2.05) is 24.3 Å². The Balaban J connectivity index is 1.97. The highest BCUT2D eigenvalue weighted by Crippen LogP contribution is 2.49. The maximum atomic E-state index is 13.4. The summed E-state index contributed by atoms with van der Waals surface area (Å²) in [6, 6.07) is 8.01. The molecule has 1 aromatic carbocycles. The lowest BCUT2D eigenvalue weighted by Crippen LogP contribution is -2.44. The van der Waals surface area contributed by atoms with Gasteiger partial charge in [-0.05, 0) is 49.1 Å². The summed E-state index contributed by atoms with van der Waals surface area (Å²) in [7, 11) is 0. The molecule has 2 rings (SSSR count). The van der Waals surface area contributed by atoms with Crippen molar-refractivity contribution >= 4 is 0 Å². The first-order chi connectivity index (χ1) is 10.3. The van der Waals surface area contributed by atoms with Gasteiger partial charge in [-0.15, -0.1) is 0 Å². The van der Waals surface area contributed by atoms with Crippen LogP contribution in [0.1, 0.15) is 56.1 Å². The predicted molar refractivity (Wildman–Crippen MR) is 76.1 cm³/mol. The topological polar surface area (TPSA) is 0 Å². The molecular weight excluding hydrogens is 299 g/mol. The van der Waals surface area contributed by atoms with Crippen molar-refractivity contribution in [3.05, 3.63) is 35.4 Å². The van der Waals surface area contributed by atoms with E-state index in [-0.39, 0.29) is 18.8 Å². The molecule has 1 saturated carbocycles. The molecule has 0 saturated heterocycles. The van der Waals surface area contributed by atoms with Crippen LogP contribution in [0.2, 0.25) is 0 Å². The second-order valence-corrected chi connectivity index (χ2v) is 6.16. The number of benzene rings is 1. The third kappa shape index (κ3) is 3.61. The minimum Gasteiger partial charge on any atom is -0.196 e. The zero-order valence-corrected chi connectivity index (χ0v) is 12.6. The van der Waals surface area contributed by atoms with Crippen molar-refractivity contribution in [1.29, 1.82) is 0 Å². The average Bonchev–Trinajstić information content (AvgIpc) is 2.47. The van der Waals surface area contributed by atoms with Crippen LogP contribution in [0.25, 0.3) is 0 Å². The Morgan fingerprint density at radius 3 is 1.91 bits per heavy atom. The summed E-state index contributed by atoms with van der Waals surface area (Å²) < 4.78 is 63.9. The Hall–Kier alpha value is -1.13. The molecule has 124 valence electrons. The van der Waals surface area contributed by atoms with Crippen molar-refractivity contribution < 1.29 is 22.0 Å². The van der Waals surface area contributed by atoms with Crippen LogP contribution in [0, 0.1) is 5.92 Å². The van der Waals surface area contributed by atoms with Crippen LogP contribution < -0.4 is 0 Å². The van der Waals surface area contributed by atoms with E-state index in [0.29, 0.717) is 12.8 Å². The van der Waals surface area contributed by atoms with Gasteiger partial charge in [0.2, 0.25) is 0 Å². The molecule has 0 heterocycles. The molecule has 0 spiro atoms. The number of hydrogen-bond acceptors (Lipinski definition) is 0. The number of aryl methyl sites for hydroxylation is 1. The van der Waals surface area contributed by atoms with Crippen molar-refractivity contribution in [3.8, 4) is 0 Å². The van der Waals surface area contributed by atoms with Gasteiger partial charge in [-0.2, -0.15) is 22.0 Å². The fourth-order valence-electron chi connectivity index (χ4n) is 3.27. The lowest BCUT2D eigenvalue weighted by molar-refractivity contribution is -0.305. The smallest absolute Gasteiger partial charge is 0.196 e. The van der Waals surface area contributed by atoms with E-state index in [4.69, 9.17) is 0 Å². The summed E-state index contributed by atoms with van der Waals surface area (Å²) in [6.45, 7) is 2.09.